The minimum absolute atomic E-state index is 0.0132. The molecule has 0 aromatic carbocycles. The van der Waals surface area contributed by atoms with Gasteiger partial charge in [0.25, 0.3) is 10.2 Å². The van der Waals surface area contributed by atoms with Crippen molar-refractivity contribution in [2.24, 2.45) is 0 Å². The summed E-state index contributed by atoms with van der Waals surface area (Å²) >= 11 is 0. The number of rotatable bonds is 7. The van der Waals surface area contributed by atoms with Crippen LogP contribution in [0.15, 0.2) is 0 Å². The Morgan fingerprint density at radius 3 is 2.76 bits per heavy atom. The van der Waals surface area contributed by atoms with E-state index in [0.29, 0.717) is 26.1 Å². The molecule has 17 heavy (non-hydrogen) atoms. The van der Waals surface area contributed by atoms with Crippen molar-refractivity contribution in [1.82, 2.24) is 9.03 Å². The van der Waals surface area contributed by atoms with Crippen LogP contribution in [0.3, 0.4) is 0 Å². The molecule has 0 radical (unpaired) electrons. The van der Waals surface area contributed by atoms with Crippen LogP contribution in [0, 0.1) is 0 Å². The first-order chi connectivity index (χ1) is 7.90. The predicted octanol–water partition coefficient (Wildman–Crippen LogP) is -0.296. The van der Waals surface area contributed by atoms with Gasteiger partial charge in [0.15, 0.2) is 0 Å². The molecule has 2 N–H and O–H groups in total. The van der Waals surface area contributed by atoms with Gasteiger partial charge in [-0.25, -0.2) is 0 Å². The quantitative estimate of drug-likeness (QED) is 0.663. The topological polar surface area (TPSA) is 78.9 Å². The Balaban J connectivity index is 2.43. The average molecular weight is 266 g/mol. The minimum atomic E-state index is -3.47. The van der Waals surface area contributed by atoms with Gasteiger partial charge in [-0.3, -0.25) is 0 Å². The number of aliphatic hydroxyl groups excluding tert-OH is 1. The fourth-order valence-electron chi connectivity index (χ4n) is 1.74. The monoisotopic (exact) mass is 266 g/mol. The maximum atomic E-state index is 11.8. The van der Waals surface area contributed by atoms with Gasteiger partial charge in [-0.1, -0.05) is 0 Å². The normalized spacial score (nSPS) is 25.6. The van der Waals surface area contributed by atoms with Crippen molar-refractivity contribution in [3.05, 3.63) is 0 Å². The second-order valence-electron chi connectivity index (χ2n) is 4.63. The van der Waals surface area contributed by atoms with E-state index in [1.165, 1.54) is 11.4 Å². The number of hydrogen-bond acceptors (Lipinski definition) is 4. The van der Waals surface area contributed by atoms with Gasteiger partial charge in [-0.15, -0.1) is 0 Å². The molecule has 1 unspecified atom stereocenters. The first-order valence-electron chi connectivity index (χ1n) is 5.85. The SMILES string of the molecule is CN(CCCO)S(=O)(=O)NCC1(C)CCCO1. The van der Waals surface area contributed by atoms with E-state index in [-0.39, 0.29) is 12.2 Å². The Morgan fingerprint density at radius 1 is 1.53 bits per heavy atom. The first kappa shape index (κ1) is 14.8. The van der Waals surface area contributed by atoms with Crippen molar-refractivity contribution in [2.75, 3.05) is 33.4 Å². The number of aliphatic hydroxyl groups is 1. The maximum absolute atomic E-state index is 11.8. The highest BCUT2D eigenvalue weighted by Gasteiger charge is 2.31. The number of nitrogens with one attached hydrogen (secondary N) is 1. The van der Waals surface area contributed by atoms with E-state index in [0.717, 1.165) is 12.8 Å². The number of ether oxygens (including phenoxy) is 1. The molecule has 1 aliphatic heterocycles. The van der Waals surface area contributed by atoms with Crippen molar-refractivity contribution in [2.45, 2.75) is 31.8 Å². The van der Waals surface area contributed by atoms with E-state index in [1.807, 2.05) is 6.92 Å². The van der Waals surface area contributed by atoms with Crippen LogP contribution in [-0.2, 0) is 14.9 Å². The molecule has 0 aliphatic carbocycles. The van der Waals surface area contributed by atoms with Crippen molar-refractivity contribution in [1.29, 1.82) is 0 Å². The lowest BCUT2D eigenvalue weighted by molar-refractivity contribution is 0.0248. The second kappa shape index (κ2) is 6.10. The van der Waals surface area contributed by atoms with Crippen LogP contribution in [0.25, 0.3) is 0 Å². The maximum Gasteiger partial charge on any atom is 0.279 e. The van der Waals surface area contributed by atoms with Gasteiger partial charge in [0.05, 0.1) is 5.60 Å². The summed E-state index contributed by atoms with van der Waals surface area (Å²) in [5.41, 5.74) is -0.384. The Hall–Kier alpha value is -0.210. The molecule has 1 aliphatic rings. The van der Waals surface area contributed by atoms with E-state index >= 15 is 0 Å². The fourth-order valence-corrected chi connectivity index (χ4v) is 2.82. The van der Waals surface area contributed by atoms with Crippen molar-refractivity contribution in [3.8, 4) is 0 Å². The Bertz CT molecular complexity index is 325. The van der Waals surface area contributed by atoms with Gasteiger partial charge >= 0.3 is 0 Å². The molecule has 7 heteroatoms. The van der Waals surface area contributed by atoms with E-state index in [4.69, 9.17) is 9.84 Å². The molecule has 1 rings (SSSR count). The van der Waals surface area contributed by atoms with Crippen LogP contribution in [0.5, 0.6) is 0 Å². The molecule has 0 saturated carbocycles. The highest BCUT2D eigenvalue weighted by atomic mass is 32.2. The minimum Gasteiger partial charge on any atom is -0.396 e. The molecule has 0 bridgehead atoms. The first-order valence-corrected chi connectivity index (χ1v) is 7.29. The van der Waals surface area contributed by atoms with Gasteiger partial charge < -0.3 is 9.84 Å². The van der Waals surface area contributed by atoms with Crippen LogP contribution in [0.4, 0.5) is 0 Å². The zero-order valence-electron chi connectivity index (χ0n) is 10.5. The highest BCUT2D eigenvalue weighted by Crippen LogP contribution is 2.24. The van der Waals surface area contributed by atoms with Gasteiger partial charge in [0.1, 0.15) is 0 Å². The van der Waals surface area contributed by atoms with Crippen molar-refractivity contribution >= 4 is 10.2 Å². The lowest BCUT2D eigenvalue weighted by Crippen LogP contribution is -2.45. The predicted molar refractivity (Wildman–Crippen MR) is 64.8 cm³/mol. The third kappa shape index (κ3) is 4.51. The molecule has 6 nitrogen and oxygen atoms in total. The summed E-state index contributed by atoms with van der Waals surface area (Å²) in [6.07, 6.45) is 2.28. The lowest BCUT2D eigenvalue weighted by atomic mass is 10.0. The molecule has 0 aromatic rings. The molecule has 0 amide bonds. The van der Waals surface area contributed by atoms with Crippen LogP contribution < -0.4 is 4.72 Å². The largest absolute Gasteiger partial charge is 0.396 e. The molecule has 1 saturated heterocycles. The zero-order chi connectivity index (χ0) is 12.9. The number of nitrogens with zero attached hydrogens (tertiary/aromatic N) is 1. The van der Waals surface area contributed by atoms with Crippen molar-refractivity contribution in [3.63, 3.8) is 0 Å². The van der Waals surface area contributed by atoms with Crippen LogP contribution in [0.1, 0.15) is 26.2 Å². The third-order valence-electron chi connectivity index (χ3n) is 2.97. The Kier molecular flexibility index (Phi) is 5.33. The van der Waals surface area contributed by atoms with Gasteiger partial charge in [0, 0.05) is 33.4 Å². The molecular weight excluding hydrogens is 244 g/mol. The standard InChI is InChI=1S/C10H22N2O4S/c1-10(5-3-8-16-10)9-11-17(14,15)12(2)6-4-7-13/h11,13H,3-9H2,1-2H3. The Morgan fingerprint density at radius 2 is 2.24 bits per heavy atom. The summed E-state index contributed by atoms with van der Waals surface area (Å²) in [6.45, 7) is 3.19. The summed E-state index contributed by atoms with van der Waals surface area (Å²) in [6, 6.07) is 0. The smallest absolute Gasteiger partial charge is 0.279 e. The molecule has 102 valence electrons. The van der Waals surface area contributed by atoms with Crippen LogP contribution >= 0.6 is 0 Å². The Labute approximate surface area is 103 Å². The van der Waals surface area contributed by atoms with Crippen molar-refractivity contribution < 1.29 is 18.3 Å². The third-order valence-corrected chi connectivity index (χ3v) is 4.48. The number of hydrogen-bond donors (Lipinski definition) is 2. The second-order valence-corrected chi connectivity index (χ2v) is 6.49. The van der Waals surface area contributed by atoms with E-state index < -0.39 is 10.2 Å². The van der Waals surface area contributed by atoms with Gasteiger partial charge in [-0.2, -0.15) is 17.4 Å². The molecular formula is C10H22N2O4S. The molecule has 0 spiro atoms. The summed E-state index contributed by atoms with van der Waals surface area (Å²) in [4.78, 5) is 0. The fraction of sp³-hybridized carbons (Fsp3) is 1.00. The van der Waals surface area contributed by atoms with Crippen LogP contribution in [-0.4, -0.2) is 56.8 Å². The highest BCUT2D eigenvalue weighted by molar-refractivity contribution is 7.87. The summed E-state index contributed by atoms with van der Waals surface area (Å²) < 4.78 is 32.9. The lowest BCUT2D eigenvalue weighted by Gasteiger charge is -2.25. The zero-order valence-corrected chi connectivity index (χ0v) is 11.3. The van der Waals surface area contributed by atoms with E-state index in [2.05, 4.69) is 4.72 Å². The average Bonchev–Trinajstić information content (AvgIpc) is 2.71. The van der Waals surface area contributed by atoms with Gasteiger partial charge in [0.2, 0.25) is 0 Å². The van der Waals surface area contributed by atoms with E-state index in [1.54, 1.807) is 0 Å². The summed E-state index contributed by atoms with van der Waals surface area (Å²) in [5.74, 6) is 0. The molecule has 0 aromatic heterocycles. The van der Waals surface area contributed by atoms with Gasteiger partial charge in [-0.05, 0) is 26.2 Å². The molecule has 1 fully saturated rings. The summed E-state index contributed by atoms with van der Waals surface area (Å²) in [7, 11) is -1.97. The molecule has 1 atom stereocenters. The summed E-state index contributed by atoms with van der Waals surface area (Å²) in [5, 5.41) is 8.66. The van der Waals surface area contributed by atoms with Crippen LogP contribution in [0.2, 0.25) is 0 Å². The molecule has 1 heterocycles. The van der Waals surface area contributed by atoms with E-state index in [9.17, 15) is 8.42 Å².